The molecule has 2 nitrogen and oxygen atoms in total. The van der Waals surface area contributed by atoms with E-state index in [0.717, 1.165) is 16.8 Å². The van der Waals surface area contributed by atoms with Crippen LogP contribution in [-0.4, -0.2) is 4.99 Å². The highest BCUT2D eigenvalue weighted by Crippen LogP contribution is 2.29. The van der Waals surface area contributed by atoms with Gasteiger partial charge >= 0.3 is 0 Å². The van der Waals surface area contributed by atoms with Gasteiger partial charge in [0.15, 0.2) is 0 Å². The molecule has 0 aromatic heterocycles. The first-order valence-electron chi connectivity index (χ1n) is 6.09. The number of nitrogens with two attached hydrogens (primary N) is 1. The third-order valence-corrected chi connectivity index (χ3v) is 3.78. The lowest BCUT2D eigenvalue weighted by Gasteiger charge is -2.19. The van der Waals surface area contributed by atoms with E-state index in [2.05, 4.69) is 5.32 Å². The van der Waals surface area contributed by atoms with E-state index in [1.54, 1.807) is 6.07 Å². The lowest BCUT2D eigenvalue weighted by atomic mass is 10.1. The second-order valence-corrected chi connectivity index (χ2v) is 5.73. The first-order valence-corrected chi connectivity index (χ1v) is 7.26. The minimum absolute atomic E-state index is 0.00951. The van der Waals surface area contributed by atoms with Crippen LogP contribution in [-0.2, 0) is 0 Å². The summed E-state index contributed by atoms with van der Waals surface area (Å²) in [6.07, 6.45) is 0. The zero-order valence-corrected chi connectivity index (χ0v) is 13.2. The standard InChI is InChI=1S/C15H14Cl2N2S/c1-9(11-7-6-10(16)8-13(11)17)19-14-5-3-2-4-12(14)15(18)20/h2-9,19H,1H3,(H2,18,20). The van der Waals surface area contributed by atoms with Crippen LogP contribution < -0.4 is 11.1 Å². The number of rotatable bonds is 4. The van der Waals surface area contributed by atoms with E-state index in [1.807, 2.05) is 43.3 Å². The van der Waals surface area contributed by atoms with Crippen LogP contribution in [0.15, 0.2) is 42.5 Å². The molecule has 0 bridgehead atoms. The van der Waals surface area contributed by atoms with Crippen molar-refractivity contribution in [2.24, 2.45) is 5.73 Å². The van der Waals surface area contributed by atoms with Gasteiger partial charge in [-0.25, -0.2) is 0 Å². The Morgan fingerprint density at radius 1 is 1.20 bits per heavy atom. The van der Waals surface area contributed by atoms with E-state index in [1.165, 1.54) is 0 Å². The molecule has 0 fully saturated rings. The smallest absolute Gasteiger partial charge is 0.106 e. The Hall–Kier alpha value is -1.29. The Bertz CT molecular complexity index is 644. The Kier molecular flexibility index (Phi) is 4.86. The SMILES string of the molecule is CC(Nc1ccccc1C(N)=S)c1ccc(Cl)cc1Cl. The molecule has 3 N–H and O–H groups in total. The van der Waals surface area contributed by atoms with Crippen LogP contribution in [0, 0.1) is 0 Å². The van der Waals surface area contributed by atoms with Gasteiger partial charge < -0.3 is 11.1 Å². The quantitative estimate of drug-likeness (QED) is 0.793. The molecule has 20 heavy (non-hydrogen) atoms. The summed E-state index contributed by atoms with van der Waals surface area (Å²) in [5.74, 6) is 0. The molecule has 2 aromatic rings. The van der Waals surface area contributed by atoms with Crippen molar-refractivity contribution in [2.75, 3.05) is 5.32 Å². The number of benzene rings is 2. The number of hydrogen-bond donors (Lipinski definition) is 2. The summed E-state index contributed by atoms with van der Waals surface area (Å²) >= 11 is 17.2. The van der Waals surface area contributed by atoms with Crippen molar-refractivity contribution in [1.82, 2.24) is 0 Å². The van der Waals surface area contributed by atoms with Gasteiger partial charge in [-0.05, 0) is 36.8 Å². The molecule has 104 valence electrons. The minimum atomic E-state index is 0.00951. The van der Waals surface area contributed by atoms with Crippen molar-refractivity contribution < 1.29 is 0 Å². The average Bonchev–Trinajstić information content (AvgIpc) is 2.38. The van der Waals surface area contributed by atoms with Crippen molar-refractivity contribution in [3.8, 4) is 0 Å². The van der Waals surface area contributed by atoms with Gasteiger partial charge in [0.2, 0.25) is 0 Å². The molecule has 0 radical (unpaired) electrons. The summed E-state index contributed by atoms with van der Waals surface area (Å²) < 4.78 is 0. The second-order valence-electron chi connectivity index (χ2n) is 4.44. The Labute approximate surface area is 133 Å². The molecule has 5 heteroatoms. The highest BCUT2D eigenvalue weighted by molar-refractivity contribution is 7.80. The summed E-state index contributed by atoms with van der Waals surface area (Å²) in [5, 5.41) is 4.62. The van der Waals surface area contributed by atoms with Crippen molar-refractivity contribution in [3.05, 3.63) is 63.6 Å². The molecule has 0 aliphatic carbocycles. The van der Waals surface area contributed by atoms with Crippen molar-refractivity contribution in [2.45, 2.75) is 13.0 Å². The van der Waals surface area contributed by atoms with Gasteiger partial charge in [0, 0.05) is 21.3 Å². The fourth-order valence-corrected chi connectivity index (χ4v) is 2.74. The molecule has 0 amide bonds. The predicted molar refractivity (Wildman–Crippen MR) is 90.8 cm³/mol. The first kappa shape index (κ1) is 15.1. The highest BCUT2D eigenvalue weighted by atomic mass is 35.5. The van der Waals surface area contributed by atoms with Gasteiger partial charge in [-0.2, -0.15) is 0 Å². The minimum Gasteiger partial charge on any atom is -0.389 e. The molecule has 0 saturated carbocycles. The molecule has 2 rings (SSSR count). The molecule has 1 unspecified atom stereocenters. The maximum Gasteiger partial charge on any atom is 0.106 e. The summed E-state index contributed by atoms with van der Waals surface area (Å²) in [6, 6.07) is 13.1. The van der Waals surface area contributed by atoms with Gasteiger partial charge in [-0.15, -0.1) is 0 Å². The first-order chi connectivity index (χ1) is 9.49. The van der Waals surface area contributed by atoms with E-state index in [4.69, 9.17) is 41.2 Å². The molecule has 0 spiro atoms. The van der Waals surface area contributed by atoms with Crippen LogP contribution in [0.1, 0.15) is 24.1 Å². The molecule has 0 aliphatic heterocycles. The molecule has 0 heterocycles. The molecule has 1 atom stereocenters. The topological polar surface area (TPSA) is 38.0 Å². The third kappa shape index (κ3) is 3.42. The van der Waals surface area contributed by atoms with Crippen LogP contribution in [0.3, 0.4) is 0 Å². The molecular weight excluding hydrogens is 311 g/mol. The predicted octanol–water partition coefficient (Wildman–Crippen LogP) is 4.80. The maximum atomic E-state index is 6.22. The van der Waals surface area contributed by atoms with Crippen LogP contribution in [0.4, 0.5) is 5.69 Å². The van der Waals surface area contributed by atoms with Crippen LogP contribution >= 0.6 is 35.4 Å². The second kappa shape index (κ2) is 6.44. The molecule has 0 aliphatic rings. The van der Waals surface area contributed by atoms with E-state index in [0.29, 0.717) is 15.0 Å². The van der Waals surface area contributed by atoms with Crippen LogP contribution in [0.5, 0.6) is 0 Å². The summed E-state index contributed by atoms with van der Waals surface area (Å²) in [5.41, 5.74) is 8.40. The number of para-hydroxylation sites is 1. The average molecular weight is 325 g/mol. The molecule has 0 saturated heterocycles. The Morgan fingerprint density at radius 2 is 1.90 bits per heavy atom. The number of hydrogen-bond acceptors (Lipinski definition) is 2. The van der Waals surface area contributed by atoms with E-state index < -0.39 is 0 Å². The van der Waals surface area contributed by atoms with Gasteiger partial charge in [-0.1, -0.05) is 53.6 Å². The molecular formula is C15H14Cl2N2S. The Morgan fingerprint density at radius 3 is 2.55 bits per heavy atom. The zero-order chi connectivity index (χ0) is 14.7. The monoisotopic (exact) mass is 324 g/mol. The van der Waals surface area contributed by atoms with Gasteiger partial charge in [-0.3, -0.25) is 0 Å². The fourth-order valence-electron chi connectivity index (χ4n) is 1.99. The zero-order valence-electron chi connectivity index (χ0n) is 10.9. The number of halogens is 2. The van der Waals surface area contributed by atoms with Crippen LogP contribution in [0.25, 0.3) is 0 Å². The van der Waals surface area contributed by atoms with Gasteiger partial charge in [0.1, 0.15) is 4.99 Å². The number of thiocarbonyl (C=S) groups is 1. The van der Waals surface area contributed by atoms with Gasteiger partial charge in [0.25, 0.3) is 0 Å². The summed E-state index contributed by atoms with van der Waals surface area (Å²) in [7, 11) is 0. The van der Waals surface area contributed by atoms with Crippen molar-refractivity contribution in [3.63, 3.8) is 0 Å². The van der Waals surface area contributed by atoms with Gasteiger partial charge in [0.05, 0.1) is 6.04 Å². The number of nitrogens with one attached hydrogen (secondary N) is 1. The largest absolute Gasteiger partial charge is 0.389 e. The fraction of sp³-hybridized carbons (Fsp3) is 0.133. The van der Waals surface area contributed by atoms with E-state index in [-0.39, 0.29) is 6.04 Å². The summed E-state index contributed by atoms with van der Waals surface area (Å²) in [6.45, 7) is 2.02. The van der Waals surface area contributed by atoms with Crippen molar-refractivity contribution >= 4 is 46.1 Å². The number of anilines is 1. The highest BCUT2D eigenvalue weighted by Gasteiger charge is 2.12. The van der Waals surface area contributed by atoms with Crippen molar-refractivity contribution in [1.29, 1.82) is 0 Å². The normalized spacial score (nSPS) is 11.9. The maximum absolute atomic E-state index is 6.22. The van der Waals surface area contributed by atoms with E-state index in [9.17, 15) is 0 Å². The summed E-state index contributed by atoms with van der Waals surface area (Å²) in [4.78, 5) is 0.363. The Balaban J connectivity index is 2.28. The van der Waals surface area contributed by atoms with Crippen LogP contribution in [0.2, 0.25) is 10.0 Å². The lowest BCUT2D eigenvalue weighted by Crippen LogP contribution is -2.15. The van der Waals surface area contributed by atoms with E-state index >= 15 is 0 Å². The third-order valence-electron chi connectivity index (χ3n) is 2.99. The molecule has 2 aromatic carbocycles. The lowest BCUT2D eigenvalue weighted by molar-refractivity contribution is 0.884.